The number of aromatic nitrogens is 1. The van der Waals surface area contributed by atoms with Crippen molar-refractivity contribution in [1.82, 2.24) is 9.88 Å². The largest absolute Gasteiger partial charge is 0.488 e. The Morgan fingerprint density at radius 3 is 2.57 bits per heavy atom. The zero-order valence-electron chi connectivity index (χ0n) is 16.5. The van der Waals surface area contributed by atoms with Gasteiger partial charge in [0.2, 0.25) is 0 Å². The number of pyridine rings is 1. The number of hydrogen-bond donors (Lipinski definition) is 1. The lowest BCUT2D eigenvalue weighted by atomic mass is 10.1. The molecule has 0 bridgehead atoms. The van der Waals surface area contributed by atoms with Gasteiger partial charge in [-0.05, 0) is 55.2 Å². The van der Waals surface area contributed by atoms with E-state index in [4.69, 9.17) is 14.8 Å². The van der Waals surface area contributed by atoms with Crippen LogP contribution >= 0.6 is 11.3 Å². The number of fused-ring (bicyclic) bond motifs is 1. The summed E-state index contributed by atoms with van der Waals surface area (Å²) in [5.74, 6) is 1.86. The van der Waals surface area contributed by atoms with Gasteiger partial charge >= 0.3 is 0 Å². The average molecular weight is 398 g/mol. The Morgan fingerprint density at radius 2 is 1.89 bits per heavy atom. The van der Waals surface area contributed by atoms with Crippen LogP contribution in [0.25, 0.3) is 21.3 Å². The zero-order chi connectivity index (χ0) is 19.5. The lowest BCUT2D eigenvalue weighted by molar-refractivity contribution is 0.130. The predicted molar refractivity (Wildman–Crippen MR) is 117 cm³/mol. The zero-order valence-corrected chi connectivity index (χ0v) is 17.3. The molecular weight excluding hydrogens is 370 g/mol. The summed E-state index contributed by atoms with van der Waals surface area (Å²) in [6.45, 7) is 9.39. The van der Waals surface area contributed by atoms with Crippen LogP contribution < -0.4 is 9.64 Å². The second kappa shape index (κ2) is 8.47. The first-order chi connectivity index (χ1) is 13.7. The maximum Gasteiger partial charge on any atom is 0.138 e. The van der Waals surface area contributed by atoms with Crippen LogP contribution in [0, 0.1) is 0 Å². The van der Waals surface area contributed by atoms with Crippen LogP contribution in [0.4, 0.5) is 5.82 Å². The van der Waals surface area contributed by atoms with E-state index in [1.54, 1.807) is 11.3 Å². The van der Waals surface area contributed by atoms with Crippen molar-refractivity contribution >= 4 is 27.2 Å². The monoisotopic (exact) mass is 397 g/mol. The Hall–Kier alpha value is -2.15. The first-order valence-electron chi connectivity index (χ1n) is 9.91. The standard InChI is InChI=1S/C22H27N3O2S/c1-3-24-9-11-25(12-10-24)22-19-8-13-28-21(19)14-20(23-22)17-4-6-18(7-5-17)27-16(2)15-26/h4-8,13-14,16,26H,3,9-12,15H2,1-2H3. The van der Waals surface area contributed by atoms with Gasteiger partial charge in [-0.15, -0.1) is 11.3 Å². The number of ether oxygens (including phenoxy) is 1. The van der Waals surface area contributed by atoms with Crippen molar-refractivity contribution < 1.29 is 9.84 Å². The Morgan fingerprint density at radius 1 is 1.14 bits per heavy atom. The van der Waals surface area contributed by atoms with Gasteiger partial charge in [-0.2, -0.15) is 0 Å². The summed E-state index contributed by atoms with van der Waals surface area (Å²) in [4.78, 5) is 9.96. The van der Waals surface area contributed by atoms with Gasteiger partial charge in [-0.25, -0.2) is 4.98 Å². The van der Waals surface area contributed by atoms with E-state index in [9.17, 15) is 0 Å². The van der Waals surface area contributed by atoms with Crippen LogP contribution in [-0.2, 0) is 0 Å². The molecule has 148 valence electrons. The normalized spacial score (nSPS) is 16.5. The minimum absolute atomic E-state index is 0.00695. The SMILES string of the molecule is CCN1CCN(c2nc(-c3ccc(OC(C)CO)cc3)cc3sccc23)CC1. The Labute approximate surface area is 170 Å². The number of likely N-dealkylation sites (N-methyl/N-ethyl adjacent to an activating group) is 1. The third-order valence-electron chi connectivity index (χ3n) is 5.29. The van der Waals surface area contributed by atoms with Gasteiger partial charge in [0.1, 0.15) is 17.7 Å². The van der Waals surface area contributed by atoms with Crippen molar-refractivity contribution in [3.05, 3.63) is 41.8 Å². The van der Waals surface area contributed by atoms with Crippen LogP contribution in [-0.4, -0.2) is 60.4 Å². The number of rotatable bonds is 6. The maximum absolute atomic E-state index is 9.15. The van der Waals surface area contributed by atoms with Crippen molar-refractivity contribution in [2.75, 3.05) is 44.2 Å². The molecule has 1 atom stereocenters. The fourth-order valence-corrected chi connectivity index (χ4v) is 4.40. The highest BCUT2D eigenvalue weighted by atomic mass is 32.1. The van der Waals surface area contributed by atoms with Crippen LogP contribution in [0.5, 0.6) is 5.75 Å². The molecule has 0 saturated carbocycles. The molecule has 1 aliphatic heterocycles. The molecule has 0 radical (unpaired) electrons. The number of nitrogens with zero attached hydrogens (tertiary/aromatic N) is 3. The van der Waals surface area contributed by atoms with Crippen molar-refractivity contribution in [3.63, 3.8) is 0 Å². The molecule has 0 aliphatic carbocycles. The average Bonchev–Trinajstić information content (AvgIpc) is 3.22. The third-order valence-corrected chi connectivity index (χ3v) is 6.16. The molecular formula is C22H27N3O2S. The van der Waals surface area contributed by atoms with Crippen molar-refractivity contribution in [2.45, 2.75) is 20.0 Å². The van der Waals surface area contributed by atoms with Gasteiger partial charge in [0.25, 0.3) is 0 Å². The summed E-state index contributed by atoms with van der Waals surface area (Å²) in [6.07, 6.45) is -0.208. The topological polar surface area (TPSA) is 48.8 Å². The van der Waals surface area contributed by atoms with E-state index in [-0.39, 0.29) is 12.7 Å². The second-order valence-corrected chi connectivity index (χ2v) is 8.17. The molecule has 1 unspecified atom stereocenters. The molecule has 3 aromatic rings. The van der Waals surface area contributed by atoms with Gasteiger partial charge in [0, 0.05) is 41.8 Å². The minimum Gasteiger partial charge on any atom is -0.488 e. The Balaban J connectivity index is 1.63. The highest BCUT2D eigenvalue weighted by molar-refractivity contribution is 7.17. The van der Waals surface area contributed by atoms with Crippen LogP contribution in [0.1, 0.15) is 13.8 Å². The fourth-order valence-electron chi connectivity index (χ4n) is 3.59. The molecule has 2 aromatic heterocycles. The lowest BCUT2D eigenvalue weighted by Crippen LogP contribution is -2.46. The highest BCUT2D eigenvalue weighted by Crippen LogP contribution is 2.34. The molecule has 4 rings (SSSR count). The number of aliphatic hydroxyl groups is 1. The quantitative estimate of drug-likeness (QED) is 0.684. The smallest absolute Gasteiger partial charge is 0.138 e. The van der Waals surface area contributed by atoms with Gasteiger partial charge in [0.05, 0.1) is 12.3 Å². The fraction of sp³-hybridized carbons (Fsp3) is 0.409. The number of piperazine rings is 1. The Kier molecular flexibility index (Phi) is 5.80. The summed E-state index contributed by atoms with van der Waals surface area (Å²) in [5.41, 5.74) is 2.07. The molecule has 1 saturated heterocycles. The van der Waals surface area contributed by atoms with Crippen LogP contribution in [0.2, 0.25) is 0 Å². The van der Waals surface area contributed by atoms with Gasteiger partial charge in [-0.3, -0.25) is 0 Å². The second-order valence-electron chi connectivity index (χ2n) is 7.22. The van der Waals surface area contributed by atoms with E-state index in [2.05, 4.69) is 34.2 Å². The van der Waals surface area contributed by atoms with Gasteiger partial charge < -0.3 is 19.6 Å². The molecule has 1 aliphatic rings. The number of benzene rings is 1. The molecule has 1 aromatic carbocycles. The Bertz CT molecular complexity index is 917. The first-order valence-corrected chi connectivity index (χ1v) is 10.8. The van der Waals surface area contributed by atoms with Crippen LogP contribution in [0.3, 0.4) is 0 Å². The molecule has 3 heterocycles. The highest BCUT2D eigenvalue weighted by Gasteiger charge is 2.20. The summed E-state index contributed by atoms with van der Waals surface area (Å²) < 4.78 is 6.94. The molecule has 28 heavy (non-hydrogen) atoms. The number of anilines is 1. The summed E-state index contributed by atoms with van der Waals surface area (Å²) in [6, 6.07) is 12.3. The van der Waals surface area contributed by atoms with E-state index in [0.717, 1.165) is 55.5 Å². The van der Waals surface area contributed by atoms with E-state index < -0.39 is 0 Å². The summed E-state index contributed by atoms with van der Waals surface area (Å²) in [5, 5.41) is 12.5. The van der Waals surface area contributed by atoms with E-state index in [1.165, 1.54) is 10.1 Å². The first kappa shape index (κ1) is 19.2. The number of hydrogen-bond acceptors (Lipinski definition) is 6. The maximum atomic E-state index is 9.15. The van der Waals surface area contributed by atoms with Crippen molar-refractivity contribution in [2.24, 2.45) is 0 Å². The molecule has 5 nitrogen and oxygen atoms in total. The van der Waals surface area contributed by atoms with Gasteiger partial charge in [0.15, 0.2) is 0 Å². The van der Waals surface area contributed by atoms with Gasteiger partial charge in [-0.1, -0.05) is 6.92 Å². The lowest BCUT2D eigenvalue weighted by Gasteiger charge is -2.35. The number of thiophene rings is 1. The molecule has 0 amide bonds. The van der Waals surface area contributed by atoms with Crippen LogP contribution in [0.15, 0.2) is 41.8 Å². The van der Waals surface area contributed by atoms with E-state index in [0.29, 0.717) is 0 Å². The third kappa shape index (κ3) is 3.99. The summed E-state index contributed by atoms with van der Waals surface area (Å²) in [7, 11) is 0. The molecule has 6 heteroatoms. The molecule has 1 fully saturated rings. The molecule has 0 spiro atoms. The molecule has 1 N–H and O–H groups in total. The number of aliphatic hydroxyl groups excluding tert-OH is 1. The van der Waals surface area contributed by atoms with Crippen molar-refractivity contribution in [1.29, 1.82) is 0 Å². The van der Waals surface area contributed by atoms with Crippen molar-refractivity contribution in [3.8, 4) is 17.0 Å². The minimum atomic E-state index is -0.208. The predicted octanol–water partition coefficient (Wildman–Crippen LogP) is 3.86. The van der Waals surface area contributed by atoms with E-state index >= 15 is 0 Å². The van der Waals surface area contributed by atoms with E-state index in [1.807, 2.05) is 31.2 Å². The summed E-state index contributed by atoms with van der Waals surface area (Å²) >= 11 is 1.76.